The monoisotopic (exact) mass is 598 g/mol. The lowest BCUT2D eigenvalue weighted by atomic mass is 9.83. The van der Waals surface area contributed by atoms with Crippen LogP contribution < -0.4 is 10.6 Å². The van der Waals surface area contributed by atoms with E-state index >= 15 is 0 Å². The van der Waals surface area contributed by atoms with Crippen molar-refractivity contribution in [2.24, 2.45) is 0 Å². The Kier molecular flexibility index (Phi) is 15.4. The third-order valence-electron chi connectivity index (χ3n) is 6.62. The molecule has 0 aliphatic carbocycles. The van der Waals surface area contributed by atoms with Gasteiger partial charge < -0.3 is 20.8 Å². The van der Waals surface area contributed by atoms with Gasteiger partial charge in [0, 0.05) is 29.3 Å². The van der Waals surface area contributed by atoms with Crippen molar-refractivity contribution >= 4 is 11.8 Å². The molecule has 0 fully saturated rings. The molecule has 0 aliphatic rings. The molecule has 4 N–H and O–H groups in total. The summed E-state index contributed by atoms with van der Waals surface area (Å²) in [5.74, 6) is -0.230. The van der Waals surface area contributed by atoms with Gasteiger partial charge in [-0.25, -0.2) is 0 Å². The minimum Gasteiger partial charge on any atom is -0.400 e. The molecule has 2 aromatic rings. The summed E-state index contributed by atoms with van der Waals surface area (Å²) < 4.78 is 0. The topological polar surface area (TPSA) is 98.7 Å². The first-order chi connectivity index (χ1) is 19.6. The average molecular weight is 599 g/mol. The number of rotatable bonds is 7. The van der Waals surface area contributed by atoms with E-state index in [1.165, 1.54) is 0 Å². The lowest BCUT2D eigenvalue weighted by Gasteiger charge is -2.25. The summed E-state index contributed by atoms with van der Waals surface area (Å²) in [5.41, 5.74) is 4.27. The fraction of sp³-hybridized carbons (Fsp3) is 0.622. The maximum Gasteiger partial charge on any atom is 0.251 e. The number of aliphatic hydroxyl groups is 2. The quantitative estimate of drug-likeness (QED) is 0.265. The summed E-state index contributed by atoms with van der Waals surface area (Å²) in [6.45, 7) is 28.6. The van der Waals surface area contributed by atoms with Crippen LogP contribution in [0.1, 0.15) is 146 Å². The molecule has 0 spiro atoms. The molecule has 6 heteroatoms. The summed E-state index contributed by atoms with van der Waals surface area (Å²) in [4.78, 5) is 26.5. The second-order valence-electron chi connectivity index (χ2n) is 15.0. The molecule has 2 rings (SSSR count). The molecule has 0 aromatic heterocycles. The maximum absolute atomic E-state index is 13.2. The van der Waals surface area contributed by atoms with Gasteiger partial charge in [0.2, 0.25) is 0 Å². The van der Waals surface area contributed by atoms with E-state index in [0.717, 1.165) is 29.4 Å². The minimum atomic E-state index is -0.660. The normalized spacial score (nSPS) is 12.7. The van der Waals surface area contributed by atoms with Gasteiger partial charge in [-0.05, 0) is 106 Å². The number of benzene rings is 2. The Morgan fingerprint density at radius 2 is 1.00 bits per heavy atom. The second kappa shape index (κ2) is 16.4. The fourth-order valence-corrected chi connectivity index (χ4v) is 4.40. The number of carbonyl (C=O) groups excluding carboxylic acids is 2. The van der Waals surface area contributed by atoms with Crippen LogP contribution in [0.2, 0.25) is 0 Å². The van der Waals surface area contributed by atoms with E-state index in [-0.39, 0.29) is 33.7 Å². The molecule has 1 atom stereocenters. The van der Waals surface area contributed by atoms with Gasteiger partial charge in [0.25, 0.3) is 11.8 Å². The van der Waals surface area contributed by atoms with Gasteiger partial charge >= 0.3 is 0 Å². The number of nitrogens with one attached hydrogen (secondary N) is 2. The first-order valence-corrected chi connectivity index (χ1v) is 15.6. The summed E-state index contributed by atoms with van der Waals surface area (Å²) in [6, 6.07) is 12.1. The van der Waals surface area contributed by atoms with Gasteiger partial charge in [-0.3, -0.25) is 9.59 Å². The van der Waals surface area contributed by atoms with Gasteiger partial charge in [-0.1, -0.05) is 79.7 Å². The van der Waals surface area contributed by atoms with Crippen LogP contribution in [0.15, 0.2) is 36.4 Å². The van der Waals surface area contributed by atoms with E-state index < -0.39 is 6.10 Å². The fourth-order valence-electron chi connectivity index (χ4n) is 4.40. The molecule has 0 radical (unpaired) electrons. The smallest absolute Gasteiger partial charge is 0.251 e. The average Bonchev–Trinajstić information content (AvgIpc) is 2.86. The highest BCUT2D eigenvalue weighted by molar-refractivity contribution is 5.97. The molecule has 0 heterocycles. The number of aryl methyl sites for hydroxylation is 1. The predicted molar refractivity (Wildman–Crippen MR) is 182 cm³/mol. The van der Waals surface area contributed by atoms with E-state index in [0.29, 0.717) is 30.4 Å². The van der Waals surface area contributed by atoms with Gasteiger partial charge in [0.05, 0.1) is 6.10 Å². The zero-order valence-electron chi connectivity index (χ0n) is 29.9. The Labute approximate surface area is 263 Å². The molecule has 43 heavy (non-hydrogen) atoms. The van der Waals surface area contributed by atoms with E-state index in [4.69, 9.17) is 5.11 Å². The zero-order valence-corrected chi connectivity index (χ0v) is 29.9. The maximum atomic E-state index is 13.2. The predicted octanol–water partition coefficient (Wildman–Crippen LogP) is 7.51. The first kappa shape index (κ1) is 40.3. The SMILES string of the molecule is CC.CC(C)(C)NC(=O)c1cc(C(C)(C)C)ccc1CCC(O)Cc1ccc(C(C)(C)C)cc1C(=O)NC(C)(C)C.CO. The van der Waals surface area contributed by atoms with Crippen LogP contribution in [0.3, 0.4) is 0 Å². The number of hydrogen-bond acceptors (Lipinski definition) is 4. The van der Waals surface area contributed by atoms with Crippen LogP contribution >= 0.6 is 0 Å². The number of aliphatic hydroxyl groups excluding tert-OH is 2. The molecule has 0 saturated heterocycles. The molecule has 0 bridgehead atoms. The summed E-state index contributed by atoms with van der Waals surface area (Å²) >= 11 is 0. The summed E-state index contributed by atoms with van der Waals surface area (Å²) in [7, 11) is 1.00. The lowest BCUT2D eigenvalue weighted by Crippen LogP contribution is -2.41. The number of carbonyl (C=O) groups is 2. The zero-order chi connectivity index (χ0) is 34.0. The van der Waals surface area contributed by atoms with Crippen LogP contribution in [-0.2, 0) is 23.7 Å². The molecule has 0 aliphatic heterocycles. The van der Waals surface area contributed by atoms with Crippen LogP contribution in [0.5, 0.6) is 0 Å². The Balaban J connectivity index is 0.00000422. The minimum absolute atomic E-state index is 0.0853. The van der Waals surface area contributed by atoms with Crippen molar-refractivity contribution in [3.8, 4) is 0 Å². The molecular formula is C37H62N2O4. The molecular weight excluding hydrogens is 536 g/mol. The second-order valence-corrected chi connectivity index (χ2v) is 15.0. The Morgan fingerprint density at radius 1 is 0.651 bits per heavy atom. The molecule has 2 aromatic carbocycles. The third-order valence-corrected chi connectivity index (χ3v) is 6.62. The Bertz CT molecular complexity index is 1170. The molecule has 0 saturated carbocycles. The highest BCUT2D eigenvalue weighted by atomic mass is 16.3. The largest absolute Gasteiger partial charge is 0.400 e. The highest BCUT2D eigenvalue weighted by Gasteiger charge is 2.24. The van der Waals surface area contributed by atoms with Crippen molar-refractivity contribution < 1.29 is 19.8 Å². The molecule has 1 unspecified atom stereocenters. The molecule has 6 nitrogen and oxygen atoms in total. The summed E-state index contributed by atoms with van der Waals surface area (Å²) in [5, 5.41) is 24.3. The highest BCUT2D eigenvalue weighted by Crippen LogP contribution is 2.28. The van der Waals surface area contributed by atoms with E-state index in [1.54, 1.807) is 0 Å². The Hall–Kier alpha value is -2.70. The van der Waals surface area contributed by atoms with Crippen molar-refractivity contribution in [3.05, 3.63) is 69.8 Å². The molecule has 2 amide bonds. The lowest BCUT2D eigenvalue weighted by molar-refractivity contribution is 0.0907. The van der Waals surface area contributed by atoms with Crippen LogP contribution in [0, 0.1) is 0 Å². The third kappa shape index (κ3) is 14.1. The van der Waals surface area contributed by atoms with Crippen molar-refractivity contribution in [3.63, 3.8) is 0 Å². The van der Waals surface area contributed by atoms with Crippen molar-refractivity contribution in [1.82, 2.24) is 10.6 Å². The van der Waals surface area contributed by atoms with E-state index in [1.807, 2.05) is 79.7 Å². The molecule has 244 valence electrons. The number of amides is 2. The number of hydrogen-bond donors (Lipinski definition) is 4. The first-order valence-electron chi connectivity index (χ1n) is 15.6. The van der Waals surface area contributed by atoms with E-state index in [9.17, 15) is 14.7 Å². The van der Waals surface area contributed by atoms with Crippen molar-refractivity contribution in [2.45, 2.75) is 144 Å². The standard InChI is InChI=1S/C34H52N2O3.C2H6.CH4O/c1-31(2,3)24-16-13-22(27(20-24)29(38)35-33(7,8)9)15-18-26(37)19-23-14-17-25(32(4,5)6)21-28(23)30(39)36-34(10,11)12;2*1-2/h13-14,16-17,20-21,26,37H,15,18-19H2,1-12H3,(H,35,38)(H,36,39);1-2H3;2H,1H3. The van der Waals surface area contributed by atoms with Crippen LogP contribution in [0.25, 0.3) is 0 Å². The van der Waals surface area contributed by atoms with Crippen LogP contribution in [-0.4, -0.2) is 46.3 Å². The Morgan fingerprint density at radius 3 is 1.35 bits per heavy atom. The van der Waals surface area contributed by atoms with Gasteiger partial charge in [-0.2, -0.15) is 0 Å². The summed E-state index contributed by atoms with van der Waals surface area (Å²) in [6.07, 6.45) is 0.738. The van der Waals surface area contributed by atoms with Gasteiger partial charge in [-0.15, -0.1) is 0 Å². The van der Waals surface area contributed by atoms with E-state index in [2.05, 4.69) is 64.3 Å². The van der Waals surface area contributed by atoms with Crippen molar-refractivity contribution in [2.75, 3.05) is 7.11 Å². The van der Waals surface area contributed by atoms with Gasteiger partial charge in [0.1, 0.15) is 0 Å². The van der Waals surface area contributed by atoms with Gasteiger partial charge in [0.15, 0.2) is 0 Å². The van der Waals surface area contributed by atoms with Crippen molar-refractivity contribution in [1.29, 1.82) is 0 Å². The van der Waals surface area contributed by atoms with Crippen LogP contribution in [0.4, 0.5) is 0 Å².